The molecule has 0 radical (unpaired) electrons. The van der Waals surface area contributed by atoms with Crippen LogP contribution in [0.15, 0.2) is 24.8 Å². The number of hydrogen-bond acceptors (Lipinski definition) is 4. The van der Waals surface area contributed by atoms with E-state index in [4.69, 9.17) is 0 Å². The predicted octanol–water partition coefficient (Wildman–Crippen LogP) is 0.445. The van der Waals surface area contributed by atoms with Crippen LogP contribution in [-0.4, -0.2) is 25.7 Å². The molecular weight excluding hydrogens is 160 g/mol. The second-order valence-corrected chi connectivity index (χ2v) is 1.86. The van der Waals surface area contributed by atoms with Gasteiger partial charge in [-0.05, 0) is 0 Å². The lowest BCUT2D eigenvalue weighted by molar-refractivity contribution is -0.144. The monoisotopic (exact) mass is 170 g/mol. The highest BCUT2D eigenvalue weighted by molar-refractivity contribution is 6.13. The number of carbonyl (C=O) groups excluding carboxylic acids is 2. The highest BCUT2D eigenvalue weighted by Crippen LogP contribution is 1.96. The van der Waals surface area contributed by atoms with Crippen LogP contribution in [0.3, 0.4) is 0 Å². The molecule has 0 saturated carbocycles. The Bertz CT molecular complexity index is 217. The first kappa shape index (κ1) is 10.4. The highest BCUT2D eigenvalue weighted by atomic mass is 16.5. The molecule has 0 rings (SSSR count). The lowest BCUT2D eigenvalue weighted by atomic mass is 10.3. The van der Waals surface area contributed by atoms with Gasteiger partial charge >= 0.3 is 11.9 Å². The molecule has 0 aromatic rings. The molecule has 0 N–H and O–H groups in total. The molecule has 0 aliphatic heterocycles. The average molecular weight is 170 g/mol. The van der Waals surface area contributed by atoms with Crippen LogP contribution < -0.4 is 0 Å². The van der Waals surface area contributed by atoms with Gasteiger partial charge in [-0.15, -0.1) is 0 Å². The van der Waals surface area contributed by atoms with Crippen molar-refractivity contribution in [3.05, 3.63) is 24.8 Å². The number of esters is 2. The van der Waals surface area contributed by atoms with E-state index in [-0.39, 0.29) is 12.2 Å². The second-order valence-electron chi connectivity index (χ2n) is 1.86. The summed E-state index contributed by atoms with van der Waals surface area (Å²) in [7, 11) is 1.16. The Kier molecular flexibility index (Phi) is 4.45. The maximum atomic E-state index is 10.8. The summed E-state index contributed by atoms with van der Waals surface area (Å²) in [6, 6.07) is 0. The minimum Gasteiger partial charge on any atom is -0.465 e. The molecule has 0 unspecified atom stereocenters. The van der Waals surface area contributed by atoms with E-state index in [1.807, 2.05) is 0 Å². The second kappa shape index (κ2) is 5.12. The summed E-state index contributed by atoms with van der Waals surface area (Å²) >= 11 is 0. The first-order valence-corrected chi connectivity index (χ1v) is 3.18. The zero-order valence-corrected chi connectivity index (χ0v) is 6.83. The summed E-state index contributed by atoms with van der Waals surface area (Å²) in [5.74, 6) is -1.58. The van der Waals surface area contributed by atoms with E-state index in [1.54, 1.807) is 0 Å². The fraction of sp³-hybridized carbons (Fsp3) is 0.250. The smallest absolute Gasteiger partial charge is 0.345 e. The van der Waals surface area contributed by atoms with Gasteiger partial charge < -0.3 is 9.47 Å². The van der Waals surface area contributed by atoms with Crippen molar-refractivity contribution in [1.82, 2.24) is 0 Å². The van der Waals surface area contributed by atoms with Gasteiger partial charge in [0.15, 0.2) is 0 Å². The van der Waals surface area contributed by atoms with Crippen molar-refractivity contribution in [3.8, 4) is 0 Å². The van der Waals surface area contributed by atoms with Gasteiger partial charge in [-0.25, -0.2) is 9.59 Å². The maximum absolute atomic E-state index is 10.8. The lowest BCUT2D eigenvalue weighted by Gasteiger charge is -2.01. The molecule has 66 valence electrons. The molecule has 0 aromatic carbocycles. The summed E-state index contributed by atoms with van der Waals surface area (Å²) in [6.45, 7) is 6.58. The first-order valence-electron chi connectivity index (χ1n) is 3.18. The van der Waals surface area contributed by atoms with Crippen molar-refractivity contribution >= 4 is 11.9 Å². The van der Waals surface area contributed by atoms with Gasteiger partial charge in [0.2, 0.25) is 0 Å². The Morgan fingerprint density at radius 3 is 2.42 bits per heavy atom. The summed E-state index contributed by atoms with van der Waals surface area (Å²) in [5, 5.41) is 0. The van der Waals surface area contributed by atoms with Crippen LogP contribution in [0, 0.1) is 0 Å². The third-order valence-corrected chi connectivity index (χ3v) is 1.01. The standard InChI is InChI=1S/C8H10O4/c1-4-5-12-8(10)6(2)7(9)11-3/h4H,1-2,5H2,3H3. The average Bonchev–Trinajstić information content (AvgIpc) is 2.11. The van der Waals surface area contributed by atoms with Crippen LogP contribution >= 0.6 is 0 Å². The van der Waals surface area contributed by atoms with Gasteiger partial charge in [0.1, 0.15) is 12.2 Å². The molecule has 0 aromatic heterocycles. The van der Waals surface area contributed by atoms with Crippen molar-refractivity contribution in [2.24, 2.45) is 0 Å². The molecule has 0 fully saturated rings. The lowest BCUT2D eigenvalue weighted by Crippen LogP contribution is -2.15. The molecule has 0 aliphatic rings. The van der Waals surface area contributed by atoms with Gasteiger partial charge in [0.05, 0.1) is 7.11 Å². The minimum absolute atomic E-state index is 0.0504. The van der Waals surface area contributed by atoms with E-state index in [9.17, 15) is 9.59 Å². The Hall–Kier alpha value is -1.58. The number of rotatable bonds is 4. The molecule has 12 heavy (non-hydrogen) atoms. The summed E-state index contributed by atoms with van der Waals surface area (Å²) in [4.78, 5) is 21.5. The predicted molar refractivity (Wildman–Crippen MR) is 42.3 cm³/mol. The van der Waals surface area contributed by atoms with Crippen LogP contribution in [0.5, 0.6) is 0 Å². The van der Waals surface area contributed by atoms with Crippen LogP contribution in [0.25, 0.3) is 0 Å². The van der Waals surface area contributed by atoms with Gasteiger partial charge in [-0.2, -0.15) is 0 Å². The Morgan fingerprint density at radius 1 is 1.42 bits per heavy atom. The number of carbonyl (C=O) groups is 2. The van der Waals surface area contributed by atoms with E-state index in [1.165, 1.54) is 6.08 Å². The first-order chi connectivity index (χ1) is 5.63. The quantitative estimate of drug-likeness (QED) is 0.202. The molecule has 0 aliphatic carbocycles. The topological polar surface area (TPSA) is 52.6 Å². The third kappa shape index (κ3) is 3.01. The Balaban J connectivity index is 4.01. The molecule has 0 amide bonds. The van der Waals surface area contributed by atoms with Crippen molar-refractivity contribution in [1.29, 1.82) is 0 Å². The van der Waals surface area contributed by atoms with E-state index >= 15 is 0 Å². The van der Waals surface area contributed by atoms with E-state index in [2.05, 4.69) is 22.6 Å². The van der Waals surface area contributed by atoms with E-state index in [0.29, 0.717) is 0 Å². The maximum Gasteiger partial charge on any atom is 0.345 e. The molecule has 0 atom stereocenters. The van der Waals surface area contributed by atoms with Gasteiger partial charge in [-0.3, -0.25) is 0 Å². The van der Waals surface area contributed by atoms with Crippen LogP contribution in [-0.2, 0) is 19.1 Å². The molecule has 0 spiro atoms. The molecular formula is C8H10O4. The normalized spacial score (nSPS) is 8.42. The Labute approximate surface area is 70.5 Å². The number of ether oxygens (including phenoxy) is 2. The van der Waals surface area contributed by atoms with E-state index < -0.39 is 11.9 Å². The summed E-state index contributed by atoms with van der Waals surface area (Å²) in [5.41, 5.74) is -0.320. The fourth-order valence-electron chi connectivity index (χ4n) is 0.428. The summed E-state index contributed by atoms with van der Waals surface area (Å²) in [6.07, 6.45) is 1.39. The van der Waals surface area contributed by atoms with Gasteiger partial charge in [0, 0.05) is 0 Å². The molecule has 0 saturated heterocycles. The van der Waals surface area contributed by atoms with Crippen LogP contribution in [0.1, 0.15) is 0 Å². The highest BCUT2D eigenvalue weighted by Gasteiger charge is 2.16. The van der Waals surface area contributed by atoms with Crippen molar-refractivity contribution in [2.75, 3.05) is 13.7 Å². The van der Waals surface area contributed by atoms with E-state index in [0.717, 1.165) is 7.11 Å². The van der Waals surface area contributed by atoms with Crippen molar-refractivity contribution in [3.63, 3.8) is 0 Å². The molecule has 0 heterocycles. The zero-order valence-electron chi connectivity index (χ0n) is 6.83. The SMILES string of the molecule is C=CCOC(=O)C(=C)C(=O)OC. The van der Waals surface area contributed by atoms with Crippen molar-refractivity contribution in [2.45, 2.75) is 0 Å². The molecule has 4 heteroatoms. The number of methoxy groups -OCH3 is 1. The minimum atomic E-state index is -0.790. The fourth-order valence-corrected chi connectivity index (χ4v) is 0.428. The van der Waals surface area contributed by atoms with Crippen molar-refractivity contribution < 1.29 is 19.1 Å². The van der Waals surface area contributed by atoms with Gasteiger partial charge in [0.25, 0.3) is 0 Å². The number of hydrogen-bond donors (Lipinski definition) is 0. The van der Waals surface area contributed by atoms with Crippen LogP contribution in [0.4, 0.5) is 0 Å². The molecule has 4 nitrogen and oxygen atoms in total. The molecule has 0 bridgehead atoms. The largest absolute Gasteiger partial charge is 0.465 e. The summed E-state index contributed by atoms with van der Waals surface area (Å²) < 4.78 is 8.77. The zero-order chi connectivity index (χ0) is 9.56. The Morgan fingerprint density at radius 2 is 2.00 bits per heavy atom. The van der Waals surface area contributed by atoms with Gasteiger partial charge in [-0.1, -0.05) is 19.2 Å². The third-order valence-electron chi connectivity index (χ3n) is 1.01. The van der Waals surface area contributed by atoms with Crippen LogP contribution in [0.2, 0.25) is 0 Å².